The van der Waals surface area contributed by atoms with Crippen LogP contribution in [0, 0.1) is 0 Å². The standard InChI is InChI=1S/C16H16N6O3S/c1-22(26(24,25)12-7-3-2-4-8-12)11-14(23)18-16-19-15(20-21-16)13-9-5-6-10-17-13/h2-10H,11H2,1H3,(H2,18,19,20,21,23). The molecule has 0 radical (unpaired) electrons. The van der Waals surface area contributed by atoms with E-state index in [0.29, 0.717) is 11.5 Å². The molecule has 3 rings (SSSR count). The number of carbonyl (C=O) groups excluding carboxylic acids is 1. The third-order valence-corrected chi connectivity index (χ3v) is 5.29. The zero-order valence-electron chi connectivity index (χ0n) is 13.8. The summed E-state index contributed by atoms with van der Waals surface area (Å²) in [5.41, 5.74) is 0.573. The molecule has 0 spiro atoms. The Hall–Kier alpha value is -3.11. The number of aromatic amines is 1. The molecule has 0 fully saturated rings. The number of likely N-dealkylation sites (N-methyl/N-ethyl adjacent to an activating group) is 1. The van der Waals surface area contributed by atoms with Gasteiger partial charge in [0.25, 0.3) is 0 Å². The lowest BCUT2D eigenvalue weighted by Gasteiger charge is -2.16. The van der Waals surface area contributed by atoms with Gasteiger partial charge in [-0.15, -0.1) is 10.2 Å². The first-order valence-corrected chi connectivity index (χ1v) is 9.06. The number of H-pyrrole nitrogens is 1. The van der Waals surface area contributed by atoms with E-state index < -0.39 is 15.9 Å². The number of hydrogen-bond donors (Lipinski definition) is 2. The number of hydrogen-bond acceptors (Lipinski definition) is 6. The van der Waals surface area contributed by atoms with Crippen LogP contribution in [-0.2, 0) is 14.8 Å². The largest absolute Gasteiger partial charge is 0.306 e. The van der Waals surface area contributed by atoms with Gasteiger partial charge < -0.3 is 4.98 Å². The van der Waals surface area contributed by atoms with Crippen molar-refractivity contribution in [3.05, 3.63) is 54.7 Å². The second-order valence-electron chi connectivity index (χ2n) is 5.36. The molecule has 2 heterocycles. The SMILES string of the molecule is CN(CC(=O)Nc1nnc(-c2ccccn2)[nH]1)S(=O)(=O)c1ccccc1. The molecule has 0 aliphatic rings. The van der Waals surface area contributed by atoms with Crippen molar-refractivity contribution in [3.8, 4) is 11.5 Å². The van der Waals surface area contributed by atoms with Crippen LogP contribution >= 0.6 is 0 Å². The van der Waals surface area contributed by atoms with Crippen LogP contribution in [0.25, 0.3) is 11.5 Å². The molecule has 2 N–H and O–H groups in total. The van der Waals surface area contributed by atoms with Crippen molar-refractivity contribution in [1.82, 2.24) is 24.5 Å². The molecule has 9 nitrogen and oxygen atoms in total. The average Bonchev–Trinajstić information content (AvgIpc) is 3.11. The Kier molecular flexibility index (Phi) is 5.05. The second-order valence-corrected chi connectivity index (χ2v) is 7.40. The van der Waals surface area contributed by atoms with Gasteiger partial charge in [0.2, 0.25) is 21.9 Å². The van der Waals surface area contributed by atoms with Crippen molar-refractivity contribution in [3.63, 3.8) is 0 Å². The maximum atomic E-state index is 12.4. The monoisotopic (exact) mass is 372 g/mol. The highest BCUT2D eigenvalue weighted by molar-refractivity contribution is 7.89. The van der Waals surface area contributed by atoms with E-state index in [9.17, 15) is 13.2 Å². The highest BCUT2D eigenvalue weighted by Crippen LogP contribution is 2.14. The molecule has 10 heteroatoms. The number of carbonyl (C=O) groups is 1. The Balaban J connectivity index is 1.65. The molecule has 2 aromatic heterocycles. The Bertz CT molecular complexity index is 989. The first kappa shape index (κ1) is 17.7. The topological polar surface area (TPSA) is 121 Å². The van der Waals surface area contributed by atoms with Gasteiger partial charge in [0, 0.05) is 13.2 Å². The maximum Gasteiger partial charge on any atom is 0.243 e. The molecule has 3 aromatic rings. The molecule has 0 saturated heterocycles. The number of amides is 1. The van der Waals surface area contributed by atoms with Crippen molar-refractivity contribution in [2.75, 3.05) is 18.9 Å². The van der Waals surface area contributed by atoms with Crippen molar-refractivity contribution in [2.45, 2.75) is 4.90 Å². The van der Waals surface area contributed by atoms with Gasteiger partial charge in [-0.05, 0) is 24.3 Å². The molecule has 0 aliphatic carbocycles. The number of benzene rings is 1. The molecule has 26 heavy (non-hydrogen) atoms. The predicted octanol–water partition coefficient (Wildman–Crippen LogP) is 1.13. The van der Waals surface area contributed by atoms with Crippen LogP contribution in [0.5, 0.6) is 0 Å². The number of nitrogens with one attached hydrogen (secondary N) is 2. The van der Waals surface area contributed by atoms with E-state index in [1.165, 1.54) is 19.2 Å². The maximum absolute atomic E-state index is 12.4. The minimum absolute atomic E-state index is 0.112. The summed E-state index contributed by atoms with van der Waals surface area (Å²) in [6, 6.07) is 13.2. The second kappa shape index (κ2) is 7.42. The molecule has 0 atom stereocenters. The molecule has 0 bridgehead atoms. The van der Waals surface area contributed by atoms with Gasteiger partial charge in [-0.2, -0.15) is 4.31 Å². The highest BCUT2D eigenvalue weighted by Gasteiger charge is 2.23. The van der Waals surface area contributed by atoms with Gasteiger partial charge in [0.05, 0.1) is 11.4 Å². The van der Waals surface area contributed by atoms with E-state index in [-0.39, 0.29) is 17.4 Å². The molecule has 1 aromatic carbocycles. The van der Waals surface area contributed by atoms with E-state index >= 15 is 0 Å². The third-order valence-electron chi connectivity index (χ3n) is 3.47. The summed E-state index contributed by atoms with van der Waals surface area (Å²) in [6.07, 6.45) is 1.61. The third kappa shape index (κ3) is 3.92. The van der Waals surface area contributed by atoms with E-state index in [4.69, 9.17) is 0 Å². The van der Waals surface area contributed by atoms with Crippen LogP contribution in [0.4, 0.5) is 5.95 Å². The minimum atomic E-state index is -3.75. The fourth-order valence-corrected chi connectivity index (χ4v) is 3.32. The summed E-state index contributed by atoms with van der Waals surface area (Å²) >= 11 is 0. The van der Waals surface area contributed by atoms with Crippen LogP contribution in [0.2, 0.25) is 0 Å². The molecule has 0 saturated carbocycles. The zero-order valence-corrected chi connectivity index (χ0v) is 14.6. The molecular weight excluding hydrogens is 356 g/mol. The molecule has 1 amide bonds. The number of aromatic nitrogens is 4. The first-order valence-electron chi connectivity index (χ1n) is 7.62. The molecule has 0 unspecified atom stereocenters. The van der Waals surface area contributed by atoms with Crippen molar-refractivity contribution >= 4 is 21.9 Å². The van der Waals surface area contributed by atoms with Gasteiger partial charge in [0.1, 0.15) is 5.69 Å². The Morgan fingerprint density at radius 2 is 1.85 bits per heavy atom. The lowest BCUT2D eigenvalue weighted by molar-refractivity contribution is -0.116. The van der Waals surface area contributed by atoms with Gasteiger partial charge in [-0.25, -0.2) is 8.42 Å². The Labute approximate surface area is 150 Å². The summed E-state index contributed by atoms with van der Waals surface area (Å²) < 4.78 is 25.8. The summed E-state index contributed by atoms with van der Waals surface area (Å²) in [5, 5.41) is 10.2. The minimum Gasteiger partial charge on any atom is -0.306 e. The highest BCUT2D eigenvalue weighted by atomic mass is 32.2. The van der Waals surface area contributed by atoms with Crippen molar-refractivity contribution < 1.29 is 13.2 Å². The van der Waals surface area contributed by atoms with Crippen LogP contribution in [-0.4, -0.2) is 52.4 Å². The fraction of sp³-hybridized carbons (Fsp3) is 0.125. The average molecular weight is 372 g/mol. The quantitative estimate of drug-likeness (QED) is 0.669. The van der Waals surface area contributed by atoms with Crippen LogP contribution in [0.3, 0.4) is 0 Å². The molecule has 134 valence electrons. The first-order chi connectivity index (χ1) is 12.5. The number of sulfonamides is 1. The lowest BCUT2D eigenvalue weighted by atomic mass is 10.3. The number of nitrogens with zero attached hydrogens (tertiary/aromatic N) is 4. The van der Waals surface area contributed by atoms with E-state index in [2.05, 4.69) is 25.5 Å². The zero-order chi connectivity index (χ0) is 18.6. The van der Waals surface area contributed by atoms with E-state index in [1.54, 1.807) is 42.6 Å². The normalized spacial score (nSPS) is 11.5. The van der Waals surface area contributed by atoms with Crippen molar-refractivity contribution in [2.24, 2.45) is 0 Å². The van der Waals surface area contributed by atoms with Crippen LogP contribution in [0.1, 0.15) is 0 Å². The van der Waals surface area contributed by atoms with Crippen LogP contribution < -0.4 is 5.32 Å². The van der Waals surface area contributed by atoms with Crippen molar-refractivity contribution in [1.29, 1.82) is 0 Å². The summed E-state index contributed by atoms with van der Waals surface area (Å²) in [6.45, 7) is -0.364. The predicted molar refractivity (Wildman–Crippen MR) is 94.5 cm³/mol. The van der Waals surface area contributed by atoms with Crippen LogP contribution in [0.15, 0.2) is 59.6 Å². The number of anilines is 1. The lowest BCUT2D eigenvalue weighted by Crippen LogP contribution is -2.35. The smallest absolute Gasteiger partial charge is 0.243 e. The van der Waals surface area contributed by atoms with E-state index in [0.717, 1.165) is 4.31 Å². The molecule has 0 aliphatic heterocycles. The van der Waals surface area contributed by atoms with Gasteiger partial charge in [0.15, 0.2) is 5.82 Å². The summed E-state index contributed by atoms with van der Waals surface area (Å²) in [7, 11) is -2.41. The Morgan fingerprint density at radius 3 is 2.54 bits per heavy atom. The number of rotatable bonds is 6. The number of pyridine rings is 1. The van der Waals surface area contributed by atoms with Gasteiger partial charge in [-0.1, -0.05) is 24.3 Å². The van der Waals surface area contributed by atoms with Gasteiger partial charge in [-0.3, -0.25) is 15.1 Å². The van der Waals surface area contributed by atoms with Gasteiger partial charge >= 0.3 is 0 Å². The molecular formula is C16H16N6O3S. The summed E-state index contributed by atoms with van der Waals surface area (Å²) in [5.74, 6) is -0.0388. The Morgan fingerprint density at radius 1 is 1.12 bits per heavy atom. The summed E-state index contributed by atoms with van der Waals surface area (Å²) in [4.78, 5) is 19.2. The van der Waals surface area contributed by atoms with E-state index in [1.807, 2.05) is 0 Å². The fourth-order valence-electron chi connectivity index (χ4n) is 2.17.